The van der Waals surface area contributed by atoms with Crippen molar-refractivity contribution in [2.45, 2.75) is 6.92 Å². The summed E-state index contributed by atoms with van der Waals surface area (Å²) in [7, 11) is 0. The maximum absolute atomic E-state index is 8.24. The van der Waals surface area contributed by atoms with Crippen molar-refractivity contribution in [1.29, 1.82) is 0 Å². The minimum Gasteiger partial charge on any atom is -0.290 e. The Morgan fingerprint density at radius 1 is 1.58 bits per heavy atom. The lowest BCUT2D eigenvalue weighted by Gasteiger charge is -1.98. The molecule has 0 aromatic heterocycles. The van der Waals surface area contributed by atoms with Gasteiger partial charge in [0.25, 0.3) is 0 Å². The quantitative estimate of drug-likeness (QED) is 0.464. The number of rotatable bonds is 2. The fourth-order valence-electron chi connectivity index (χ4n) is 0.765. The van der Waals surface area contributed by atoms with Crippen LogP contribution in [0.15, 0.2) is 27.7 Å². The van der Waals surface area contributed by atoms with E-state index in [1.165, 1.54) is 6.34 Å². The molecule has 4 heteroatoms. The molecule has 3 nitrogen and oxygen atoms in total. The van der Waals surface area contributed by atoms with E-state index < -0.39 is 0 Å². The van der Waals surface area contributed by atoms with E-state index in [4.69, 9.17) is 5.21 Å². The Hall–Kier alpha value is -0.870. The van der Waals surface area contributed by atoms with Crippen LogP contribution >= 0.6 is 15.9 Å². The Labute approximate surface area is 79.2 Å². The van der Waals surface area contributed by atoms with Crippen molar-refractivity contribution in [3.63, 3.8) is 0 Å². The smallest absolute Gasteiger partial charge is 0.113 e. The second-order valence-corrected chi connectivity index (χ2v) is 3.18. The molecule has 1 rings (SSSR count). The molecule has 0 saturated heterocycles. The molecule has 0 aliphatic rings. The molecule has 0 spiro atoms. The van der Waals surface area contributed by atoms with Crippen molar-refractivity contribution in [2.75, 3.05) is 0 Å². The number of nitrogens with zero attached hydrogens (tertiary/aromatic N) is 1. The lowest BCUT2D eigenvalue weighted by molar-refractivity contribution is 0.240. The highest BCUT2D eigenvalue weighted by molar-refractivity contribution is 9.10. The van der Waals surface area contributed by atoms with Crippen molar-refractivity contribution in [2.24, 2.45) is 4.99 Å². The third-order valence-corrected chi connectivity index (χ3v) is 2.28. The number of aliphatic imine (C=N–C) groups is 1. The van der Waals surface area contributed by atoms with Gasteiger partial charge in [-0.15, -0.1) is 0 Å². The van der Waals surface area contributed by atoms with E-state index in [1.54, 1.807) is 0 Å². The average Bonchev–Trinajstić information content (AvgIpc) is 2.07. The van der Waals surface area contributed by atoms with Gasteiger partial charge in [-0.25, -0.2) is 4.99 Å². The topological polar surface area (TPSA) is 44.6 Å². The second kappa shape index (κ2) is 4.23. The van der Waals surface area contributed by atoms with E-state index in [2.05, 4.69) is 20.9 Å². The van der Waals surface area contributed by atoms with Crippen molar-refractivity contribution in [3.05, 3.63) is 28.2 Å². The van der Waals surface area contributed by atoms with Gasteiger partial charge >= 0.3 is 0 Å². The molecule has 64 valence electrons. The van der Waals surface area contributed by atoms with E-state index >= 15 is 0 Å². The fraction of sp³-hybridized carbons (Fsp3) is 0.125. The molecule has 0 fully saturated rings. The Morgan fingerprint density at radius 3 is 2.92 bits per heavy atom. The molecular weight excluding hydrogens is 220 g/mol. The largest absolute Gasteiger partial charge is 0.290 e. The van der Waals surface area contributed by atoms with Crippen LogP contribution in [0.5, 0.6) is 0 Å². The molecule has 0 radical (unpaired) electrons. The molecule has 12 heavy (non-hydrogen) atoms. The summed E-state index contributed by atoms with van der Waals surface area (Å²) in [6.07, 6.45) is 1.22. The monoisotopic (exact) mass is 228 g/mol. The first-order valence-corrected chi connectivity index (χ1v) is 4.21. The van der Waals surface area contributed by atoms with Gasteiger partial charge in [0, 0.05) is 4.47 Å². The molecule has 0 bridgehead atoms. The van der Waals surface area contributed by atoms with E-state index in [9.17, 15) is 0 Å². The van der Waals surface area contributed by atoms with Crippen LogP contribution in [0, 0.1) is 6.92 Å². The Bertz CT molecular complexity index is 299. The van der Waals surface area contributed by atoms with Crippen LogP contribution in [0.25, 0.3) is 0 Å². The molecule has 0 amide bonds. The third-order valence-electron chi connectivity index (χ3n) is 1.43. The summed E-state index contributed by atoms with van der Waals surface area (Å²) in [4.78, 5) is 3.91. The zero-order valence-electron chi connectivity index (χ0n) is 6.58. The lowest BCUT2D eigenvalue weighted by Crippen LogP contribution is -2.00. The van der Waals surface area contributed by atoms with Gasteiger partial charge in [0.05, 0.1) is 5.69 Å². The standard InChI is InChI=1S/C8H9BrN2O/c1-6-2-3-7(4-8(6)9)10-5-11-12/h2-5,12H,1H3,(H,10,11). The van der Waals surface area contributed by atoms with E-state index in [1.807, 2.05) is 30.6 Å². The first kappa shape index (κ1) is 9.22. The summed E-state index contributed by atoms with van der Waals surface area (Å²) >= 11 is 3.38. The summed E-state index contributed by atoms with van der Waals surface area (Å²) in [6, 6.07) is 5.70. The van der Waals surface area contributed by atoms with Gasteiger partial charge in [-0.05, 0) is 24.6 Å². The van der Waals surface area contributed by atoms with Crippen molar-refractivity contribution >= 4 is 28.0 Å². The molecule has 1 aromatic rings. The number of halogens is 1. The van der Waals surface area contributed by atoms with Crippen LogP contribution < -0.4 is 5.48 Å². The highest BCUT2D eigenvalue weighted by Crippen LogP contribution is 2.21. The number of aryl methyl sites for hydroxylation is 1. The molecule has 0 saturated carbocycles. The SMILES string of the molecule is Cc1ccc(N=CNO)cc1Br. The normalized spacial score (nSPS) is 10.6. The summed E-state index contributed by atoms with van der Waals surface area (Å²) in [5.41, 5.74) is 3.79. The number of hydroxylamine groups is 1. The van der Waals surface area contributed by atoms with Gasteiger partial charge in [-0.2, -0.15) is 0 Å². The van der Waals surface area contributed by atoms with Gasteiger partial charge < -0.3 is 0 Å². The molecule has 0 atom stereocenters. The van der Waals surface area contributed by atoms with E-state index in [0.717, 1.165) is 15.7 Å². The maximum Gasteiger partial charge on any atom is 0.113 e. The number of benzene rings is 1. The minimum absolute atomic E-state index is 0.786. The predicted octanol–water partition coefficient (Wildman–Crippen LogP) is 2.40. The maximum atomic E-state index is 8.24. The fourth-order valence-corrected chi connectivity index (χ4v) is 1.13. The van der Waals surface area contributed by atoms with Crippen LogP contribution in [0.3, 0.4) is 0 Å². The van der Waals surface area contributed by atoms with Crippen molar-refractivity contribution < 1.29 is 5.21 Å². The highest BCUT2D eigenvalue weighted by atomic mass is 79.9. The Morgan fingerprint density at radius 2 is 2.33 bits per heavy atom. The molecule has 0 heterocycles. The Kier molecular flexibility index (Phi) is 3.25. The summed E-state index contributed by atoms with van der Waals surface area (Å²) in [5, 5.41) is 8.24. The number of hydrogen-bond acceptors (Lipinski definition) is 2. The number of hydrogen-bond donors (Lipinski definition) is 2. The predicted molar refractivity (Wildman–Crippen MR) is 52.0 cm³/mol. The second-order valence-electron chi connectivity index (χ2n) is 2.32. The third kappa shape index (κ3) is 2.32. The first-order chi connectivity index (χ1) is 5.74. The van der Waals surface area contributed by atoms with Gasteiger partial charge in [-0.1, -0.05) is 22.0 Å². The highest BCUT2D eigenvalue weighted by Gasteiger charge is 1.94. The zero-order chi connectivity index (χ0) is 8.97. The molecule has 1 aromatic carbocycles. The van der Waals surface area contributed by atoms with Crippen molar-refractivity contribution in [1.82, 2.24) is 5.48 Å². The Balaban J connectivity index is 2.89. The molecule has 0 unspecified atom stereocenters. The van der Waals surface area contributed by atoms with Crippen molar-refractivity contribution in [3.8, 4) is 0 Å². The van der Waals surface area contributed by atoms with Crippen LogP contribution in [-0.2, 0) is 0 Å². The summed E-state index contributed by atoms with van der Waals surface area (Å²) in [6.45, 7) is 2.00. The average molecular weight is 229 g/mol. The minimum atomic E-state index is 0.786. The molecule has 2 N–H and O–H groups in total. The zero-order valence-corrected chi connectivity index (χ0v) is 8.17. The van der Waals surface area contributed by atoms with Gasteiger partial charge in [0.1, 0.15) is 6.34 Å². The van der Waals surface area contributed by atoms with Gasteiger partial charge in [-0.3, -0.25) is 10.7 Å². The number of nitrogens with one attached hydrogen (secondary N) is 1. The van der Waals surface area contributed by atoms with E-state index in [0.29, 0.717) is 0 Å². The summed E-state index contributed by atoms with van der Waals surface area (Å²) in [5.74, 6) is 0. The van der Waals surface area contributed by atoms with Crippen LogP contribution in [0.1, 0.15) is 5.56 Å². The first-order valence-electron chi connectivity index (χ1n) is 3.42. The molecular formula is C8H9BrN2O. The molecule has 0 aliphatic heterocycles. The molecule has 0 aliphatic carbocycles. The lowest BCUT2D eigenvalue weighted by atomic mass is 10.2. The van der Waals surface area contributed by atoms with Crippen LogP contribution in [0.2, 0.25) is 0 Å². The summed E-state index contributed by atoms with van der Waals surface area (Å²) < 4.78 is 1.01. The van der Waals surface area contributed by atoms with Crippen LogP contribution in [-0.4, -0.2) is 11.5 Å². The van der Waals surface area contributed by atoms with Gasteiger partial charge in [0.2, 0.25) is 0 Å². The van der Waals surface area contributed by atoms with Crippen LogP contribution in [0.4, 0.5) is 5.69 Å². The van der Waals surface area contributed by atoms with Gasteiger partial charge in [0.15, 0.2) is 0 Å². The van der Waals surface area contributed by atoms with E-state index in [-0.39, 0.29) is 0 Å².